The number of esters is 1. The van der Waals surface area contributed by atoms with E-state index in [1.165, 1.54) is 24.3 Å². The van der Waals surface area contributed by atoms with Gasteiger partial charge in [-0.25, -0.2) is 4.79 Å². The van der Waals surface area contributed by atoms with Gasteiger partial charge in [0.2, 0.25) is 6.29 Å². The number of ketones is 1. The Morgan fingerprint density at radius 3 is 2.00 bits per heavy atom. The number of aliphatic hydroxyl groups excluding tert-OH is 3. The summed E-state index contributed by atoms with van der Waals surface area (Å²) in [5, 5.41) is 30.4. The lowest BCUT2D eigenvalue weighted by Crippen LogP contribution is -2.43. The van der Waals surface area contributed by atoms with E-state index >= 15 is 0 Å². The summed E-state index contributed by atoms with van der Waals surface area (Å²) in [6.07, 6.45) is -7.83. The molecular weight excluding hydrogens is 340 g/mol. The Kier molecular flexibility index (Phi) is 5.43. The molecule has 136 valence electrons. The molecule has 26 heavy (non-hydrogen) atoms. The third kappa shape index (κ3) is 3.66. The quantitative estimate of drug-likeness (QED) is 0.528. The maximum absolute atomic E-state index is 12.3. The smallest absolute Gasteiger partial charge is 0.340 e. The molecule has 1 fully saturated rings. The van der Waals surface area contributed by atoms with E-state index in [2.05, 4.69) is 0 Å². The lowest BCUT2D eigenvalue weighted by Gasteiger charge is -2.19. The van der Waals surface area contributed by atoms with Crippen LogP contribution in [0.1, 0.15) is 20.7 Å². The molecule has 0 spiro atoms. The van der Waals surface area contributed by atoms with Gasteiger partial charge in [0.1, 0.15) is 24.4 Å². The summed E-state index contributed by atoms with van der Waals surface area (Å²) in [7, 11) is 0. The summed E-state index contributed by atoms with van der Waals surface area (Å²) in [5.74, 6) is -1.43. The SMILES string of the molecule is O=C(OC1O[C@@H](C(O)C(=O)c2ccccc2)[C@@H](O)[C@@H]1O)c1ccccc1. The van der Waals surface area contributed by atoms with Gasteiger partial charge in [0, 0.05) is 5.56 Å². The molecule has 0 radical (unpaired) electrons. The van der Waals surface area contributed by atoms with Gasteiger partial charge in [-0.15, -0.1) is 0 Å². The van der Waals surface area contributed by atoms with Crippen molar-refractivity contribution >= 4 is 11.8 Å². The zero-order chi connectivity index (χ0) is 18.7. The summed E-state index contributed by atoms with van der Waals surface area (Å²) < 4.78 is 10.3. The molecule has 2 aromatic carbocycles. The Labute approximate surface area is 149 Å². The van der Waals surface area contributed by atoms with Crippen LogP contribution in [-0.2, 0) is 9.47 Å². The van der Waals surface area contributed by atoms with E-state index in [9.17, 15) is 24.9 Å². The fraction of sp³-hybridized carbons (Fsp3) is 0.263. The summed E-state index contributed by atoms with van der Waals surface area (Å²) in [6, 6.07) is 16.0. The van der Waals surface area contributed by atoms with Crippen LogP contribution in [0.4, 0.5) is 0 Å². The third-order valence-electron chi connectivity index (χ3n) is 4.13. The molecular formula is C19H18O7. The van der Waals surface area contributed by atoms with Crippen molar-refractivity contribution in [2.45, 2.75) is 30.7 Å². The van der Waals surface area contributed by atoms with Crippen LogP contribution < -0.4 is 0 Å². The molecule has 0 aromatic heterocycles. The Bertz CT molecular complexity index is 762. The third-order valence-corrected chi connectivity index (χ3v) is 4.13. The highest BCUT2D eigenvalue weighted by molar-refractivity contribution is 5.99. The molecule has 3 N–H and O–H groups in total. The normalized spacial score (nSPS) is 26.3. The van der Waals surface area contributed by atoms with Gasteiger partial charge in [0.25, 0.3) is 0 Å². The predicted molar refractivity (Wildman–Crippen MR) is 89.3 cm³/mol. The number of aliphatic hydroxyl groups is 3. The van der Waals surface area contributed by atoms with Gasteiger partial charge >= 0.3 is 5.97 Å². The lowest BCUT2D eigenvalue weighted by molar-refractivity contribution is -0.145. The fourth-order valence-corrected chi connectivity index (χ4v) is 2.70. The molecule has 1 heterocycles. The molecule has 5 atom stereocenters. The summed E-state index contributed by atoms with van der Waals surface area (Å²) in [5.41, 5.74) is 0.470. The van der Waals surface area contributed by atoms with Crippen molar-refractivity contribution in [3.63, 3.8) is 0 Å². The van der Waals surface area contributed by atoms with E-state index in [4.69, 9.17) is 9.47 Å². The van der Waals surface area contributed by atoms with Crippen LogP contribution in [0.15, 0.2) is 60.7 Å². The molecule has 2 unspecified atom stereocenters. The van der Waals surface area contributed by atoms with Crippen molar-refractivity contribution in [1.29, 1.82) is 0 Å². The molecule has 7 nitrogen and oxygen atoms in total. The standard InChI is InChI=1S/C19H18O7/c20-13(11-7-3-1-4-8-11)14(21)17-15(22)16(23)19(25-17)26-18(24)12-9-5-2-6-10-12/h1-10,14-17,19,21-23H/t14?,15-,16-,17-,19?/m0/s1. The molecule has 1 aliphatic rings. The number of benzene rings is 2. The van der Waals surface area contributed by atoms with Crippen LogP contribution in [-0.4, -0.2) is 57.8 Å². The Hall–Kier alpha value is -2.58. The van der Waals surface area contributed by atoms with E-state index in [0.29, 0.717) is 0 Å². The first-order valence-electron chi connectivity index (χ1n) is 8.04. The molecule has 7 heteroatoms. The fourth-order valence-electron chi connectivity index (χ4n) is 2.70. The Morgan fingerprint density at radius 1 is 0.885 bits per heavy atom. The zero-order valence-electron chi connectivity index (χ0n) is 13.6. The van der Waals surface area contributed by atoms with E-state index in [0.717, 1.165) is 0 Å². The van der Waals surface area contributed by atoms with Crippen molar-refractivity contribution in [2.75, 3.05) is 0 Å². The highest BCUT2D eigenvalue weighted by Gasteiger charge is 2.49. The molecule has 0 bridgehead atoms. The zero-order valence-corrected chi connectivity index (χ0v) is 13.6. The maximum atomic E-state index is 12.3. The number of carbonyl (C=O) groups is 2. The number of rotatable bonds is 5. The first-order chi connectivity index (χ1) is 12.5. The average Bonchev–Trinajstić information content (AvgIpc) is 2.96. The predicted octanol–water partition coefficient (Wildman–Crippen LogP) is 0.534. The van der Waals surface area contributed by atoms with Crippen LogP contribution in [0.3, 0.4) is 0 Å². The Balaban J connectivity index is 1.69. The maximum Gasteiger partial charge on any atom is 0.340 e. The topological polar surface area (TPSA) is 113 Å². The average molecular weight is 358 g/mol. The van der Waals surface area contributed by atoms with Crippen LogP contribution in [0.25, 0.3) is 0 Å². The van der Waals surface area contributed by atoms with Gasteiger partial charge in [-0.1, -0.05) is 48.5 Å². The Morgan fingerprint density at radius 2 is 1.42 bits per heavy atom. The minimum Gasteiger partial charge on any atom is -0.429 e. The second kappa shape index (κ2) is 7.76. The van der Waals surface area contributed by atoms with Crippen molar-refractivity contribution in [1.82, 2.24) is 0 Å². The monoisotopic (exact) mass is 358 g/mol. The van der Waals surface area contributed by atoms with E-state index in [1.807, 2.05) is 0 Å². The first kappa shape index (κ1) is 18.2. The largest absolute Gasteiger partial charge is 0.429 e. The number of hydrogen-bond acceptors (Lipinski definition) is 7. The number of hydrogen-bond donors (Lipinski definition) is 3. The van der Waals surface area contributed by atoms with Crippen molar-refractivity contribution in [2.24, 2.45) is 0 Å². The second-order valence-electron chi connectivity index (χ2n) is 5.90. The van der Waals surface area contributed by atoms with E-state index < -0.39 is 42.5 Å². The van der Waals surface area contributed by atoms with E-state index in [1.54, 1.807) is 36.4 Å². The molecule has 1 saturated heterocycles. The number of Topliss-reactive ketones (excluding diaryl/α,β-unsaturated/α-hetero) is 1. The first-order valence-corrected chi connectivity index (χ1v) is 8.04. The molecule has 0 amide bonds. The van der Waals surface area contributed by atoms with Crippen LogP contribution >= 0.6 is 0 Å². The van der Waals surface area contributed by atoms with Gasteiger partial charge in [-0.2, -0.15) is 0 Å². The number of ether oxygens (including phenoxy) is 2. The molecule has 0 saturated carbocycles. The van der Waals surface area contributed by atoms with E-state index in [-0.39, 0.29) is 11.1 Å². The minimum absolute atomic E-state index is 0.232. The number of carbonyl (C=O) groups excluding carboxylic acids is 2. The van der Waals surface area contributed by atoms with Crippen molar-refractivity contribution in [3.8, 4) is 0 Å². The lowest BCUT2D eigenvalue weighted by atomic mass is 9.98. The van der Waals surface area contributed by atoms with Crippen LogP contribution in [0.5, 0.6) is 0 Å². The van der Waals surface area contributed by atoms with Crippen molar-refractivity contribution < 1.29 is 34.4 Å². The highest BCUT2D eigenvalue weighted by Crippen LogP contribution is 2.27. The highest BCUT2D eigenvalue weighted by atomic mass is 16.7. The summed E-state index contributed by atoms with van der Waals surface area (Å²) >= 11 is 0. The van der Waals surface area contributed by atoms with Gasteiger partial charge < -0.3 is 24.8 Å². The molecule has 2 aromatic rings. The second-order valence-corrected chi connectivity index (χ2v) is 5.90. The molecule has 3 rings (SSSR count). The van der Waals surface area contributed by atoms with Crippen LogP contribution in [0, 0.1) is 0 Å². The van der Waals surface area contributed by atoms with Gasteiger partial charge in [-0.3, -0.25) is 4.79 Å². The minimum atomic E-state index is -1.72. The molecule has 1 aliphatic heterocycles. The van der Waals surface area contributed by atoms with Crippen molar-refractivity contribution in [3.05, 3.63) is 71.8 Å². The molecule has 0 aliphatic carbocycles. The van der Waals surface area contributed by atoms with Crippen LogP contribution in [0.2, 0.25) is 0 Å². The van der Waals surface area contributed by atoms with Gasteiger partial charge in [-0.05, 0) is 12.1 Å². The van der Waals surface area contributed by atoms with Gasteiger partial charge in [0.15, 0.2) is 5.78 Å². The summed E-state index contributed by atoms with van der Waals surface area (Å²) in [6.45, 7) is 0. The summed E-state index contributed by atoms with van der Waals surface area (Å²) in [4.78, 5) is 24.4. The van der Waals surface area contributed by atoms with Gasteiger partial charge in [0.05, 0.1) is 5.56 Å².